The Hall–Kier alpha value is -1.90. The molecule has 1 N–H and O–H groups in total. The largest absolute Gasteiger partial charge is 0.497 e. The van der Waals surface area contributed by atoms with E-state index in [1.807, 2.05) is 0 Å². The third-order valence-corrected chi connectivity index (χ3v) is 5.36. The molecule has 0 aliphatic carbocycles. The lowest BCUT2D eigenvalue weighted by Gasteiger charge is -2.08. The van der Waals surface area contributed by atoms with E-state index in [9.17, 15) is 13.2 Å². The summed E-state index contributed by atoms with van der Waals surface area (Å²) < 4.78 is 36.8. The summed E-state index contributed by atoms with van der Waals surface area (Å²) in [7, 11) is -1.05. The van der Waals surface area contributed by atoms with Crippen molar-refractivity contribution in [3.8, 4) is 5.75 Å². The van der Waals surface area contributed by atoms with Crippen LogP contribution in [0.4, 0.5) is 0 Å². The van der Waals surface area contributed by atoms with E-state index in [2.05, 4.69) is 9.46 Å². The molecule has 0 amide bonds. The van der Waals surface area contributed by atoms with Gasteiger partial charge in [-0.15, -0.1) is 11.3 Å². The summed E-state index contributed by atoms with van der Waals surface area (Å²) in [5, 5.41) is 1.53. The maximum Gasteiger partial charge on any atom is 0.349 e. The van der Waals surface area contributed by atoms with E-state index in [-0.39, 0.29) is 16.3 Å². The van der Waals surface area contributed by atoms with Crippen LogP contribution in [-0.4, -0.2) is 28.6 Å². The Morgan fingerprint density at radius 2 is 2.05 bits per heavy atom. The molecular formula is C14H15NO5S2. The molecule has 0 radical (unpaired) electrons. The lowest BCUT2D eigenvalue weighted by atomic mass is 10.2. The number of rotatable bonds is 6. The molecule has 22 heavy (non-hydrogen) atoms. The van der Waals surface area contributed by atoms with Crippen molar-refractivity contribution in [1.29, 1.82) is 0 Å². The molecule has 8 heteroatoms. The van der Waals surface area contributed by atoms with Crippen LogP contribution >= 0.6 is 11.3 Å². The number of esters is 1. The molecular weight excluding hydrogens is 326 g/mol. The van der Waals surface area contributed by atoms with Gasteiger partial charge in [-0.3, -0.25) is 0 Å². The molecule has 118 valence electrons. The molecule has 6 nitrogen and oxygen atoms in total. The lowest BCUT2D eigenvalue weighted by molar-refractivity contribution is 0.0602. The van der Waals surface area contributed by atoms with Crippen LogP contribution in [0.5, 0.6) is 5.75 Å². The predicted octanol–water partition coefficient (Wildman–Crippen LogP) is 2.02. The number of ether oxygens (including phenoxy) is 2. The standard InChI is InChI=1S/C14H15NO5S2/c1-19-11-5-3-4-10(8-11)9-15-22(17,18)12-6-7-21-13(12)14(16)20-2/h3-8,15H,9H2,1-2H3. The highest BCUT2D eigenvalue weighted by Gasteiger charge is 2.24. The van der Waals surface area contributed by atoms with Crippen molar-refractivity contribution < 1.29 is 22.7 Å². The molecule has 0 aliphatic heterocycles. The number of sulfonamides is 1. The van der Waals surface area contributed by atoms with Gasteiger partial charge in [0.25, 0.3) is 0 Å². The topological polar surface area (TPSA) is 81.7 Å². The number of carbonyl (C=O) groups is 1. The van der Waals surface area contributed by atoms with Crippen LogP contribution in [0.3, 0.4) is 0 Å². The van der Waals surface area contributed by atoms with Crippen molar-refractivity contribution in [1.82, 2.24) is 4.72 Å². The van der Waals surface area contributed by atoms with E-state index in [1.165, 1.54) is 25.7 Å². The second-order valence-corrected chi connectivity index (χ2v) is 6.93. The zero-order valence-electron chi connectivity index (χ0n) is 12.0. The van der Waals surface area contributed by atoms with Gasteiger partial charge in [0, 0.05) is 6.54 Å². The maximum atomic E-state index is 12.3. The van der Waals surface area contributed by atoms with Crippen molar-refractivity contribution >= 4 is 27.3 Å². The van der Waals surface area contributed by atoms with E-state index >= 15 is 0 Å². The van der Waals surface area contributed by atoms with Crippen LogP contribution in [0.2, 0.25) is 0 Å². The first-order valence-corrected chi connectivity index (χ1v) is 8.62. The van der Waals surface area contributed by atoms with Gasteiger partial charge in [0.15, 0.2) is 0 Å². The Morgan fingerprint density at radius 3 is 2.73 bits per heavy atom. The number of benzene rings is 1. The molecule has 0 saturated carbocycles. The zero-order valence-corrected chi connectivity index (χ0v) is 13.7. The summed E-state index contributed by atoms with van der Waals surface area (Å²) in [5.41, 5.74) is 0.748. The predicted molar refractivity (Wildman–Crippen MR) is 82.7 cm³/mol. The molecule has 0 fully saturated rings. The highest BCUT2D eigenvalue weighted by Crippen LogP contribution is 2.23. The average molecular weight is 341 g/mol. The first-order valence-electron chi connectivity index (χ1n) is 6.26. The molecule has 2 rings (SSSR count). The lowest BCUT2D eigenvalue weighted by Crippen LogP contribution is -2.24. The fourth-order valence-corrected chi connectivity index (χ4v) is 4.14. The molecule has 0 aliphatic rings. The third kappa shape index (κ3) is 3.65. The first kappa shape index (κ1) is 16.5. The summed E-state index contributed by atoms with van der Waals surface area (Å²) in [5.74, 6) is -0.0285. The maximum absolute atomic E-state index is 12.3. The van der Waals surface area contributed by atoms with E-state index < -0.39 is 16.0 Å². The van der Waals surface area contributed by atoms with Crippen LogP contribution in [0, 0.1) is 0 Å². The summed E-state index contributed by atoms with van der Waals surface area (Å²) >= 11 is 1.02. The van der Waals surface area contributed by atoms with E-state index in [4.69, 9.17) is 4.74 Å². The van der Waals surface area contributed by atoms with Gasteiger partial charge in [-0.2, -0.15) is 0 Å². The second kappa shape index (κ2) is 6.91. The average Bonchev–Trinajstić information content (AvgIpc) is 3.03. The molecule has 2 aromatic rings. The van der Waals surface area contributed by atoms with E-state index in [0.717, 1.165) is 16.9 Å². The Bertz CT molecular complexity index is 767. The van der Waals surface area contributed by atoms with Crippen molar-refractivity contribution in [3.63, 3.8) is 0 Å². The number of nitrogens with one attached hydrogen (secondary N) is 1. The number of thiophene rings is 1. The molecule has 1 aromatic carbocycles. The summed E-state index contributed by atoms with van der Waals surface area (Å²) in [6.45, 7) is 0.0932. The number of carbonyl (C=O) groups excluding carboxylic acids is 1. The van der Waals surface area contributed by atoms with Gasteiger partial charge in [0.2, 0.25) is 10.0 Å². The summed E-state index contributed by atoms with van der Waals surface area (Å²) in [6.07, 6.45) is 0. The zero-order chi connectivity index (χ0) is 16.2. The molecule has 0 spiro atoms. The third-order valence-electron chi connectivity index (χ3n) is 2.89. The molecule has 0 atom stereocenters. The minimum Gasteiger partial charge on any atom is -0.497 e. The van der Waals surface area contributed by atoms with Crippen LogP contribution in [0.1, 0.15) is 15.2 Å². The molecule has 0 bridgehead atoms. The van der Waals surface area contributed by atoms with Crippen molar-refractivity contribution in [2.75, 3.05) is 14.2 Å². The van der Waals surface area contributed by atoms with Crippen LogP contribution in [0.25, 0.3) is 0 Å². The number of methoxy groups -OCH3 is 2. The summed E-state index contributed by atoms with van der Waals surface area (Å²) in [6, 6.07) is 8.43. The first-order chi connectivity index (χ1) is 10.5. The minimum atomic E-state index is -3.80. The van der Waals surface area contributed by atoms with Gasteiger partial charge < -0.3 is 9.47 Å². The normalized spacial score (nSPS) is 11.2. The second-order valence-electron chi connectivity index (χ2n) is 4.28. The molecule has 0 saturated heterocycles. The van der Waals surface area contributed by atoms with Gasteiger partial charge in [-0.05, 0) is 29.1 Å². The van der Waals surface area contributed by atoms with Crippen LogP contribution in [-0.2, 0) is 21.3 Å². The van der Waals surface area contributed by atoms with Crippen molar-refractivity contribution in [3.05, 3.63) is 46.2 Å². The number of hydrogen-bond acceptors (Lipinski definition) is 6. The highest BCUT2D eigenvalue weighted by atomic mass is 32.2. The fraction of sp³-hybridized carbons (Fsp3) is 0.214. The monoisotopic (exact) mass is 341 g/mol. The van der Waals surface area contributed by atoms with Gasteiger partial charge >= 0.3 is 5.97 Å². The highest BCUT2D eigenvalue weighted by molar-refractivity contribution is 7.89. The molecule has 1 aromatic heterocycles. The smallest absolute Gasteiger partial charge is 0.349 e. The Balaban J connectivity index is 2.18. The van der Waals surface area contributed by atoms with Crippen LogP contribution < -0.4 is 9.46 Å². The Kier molecular flexibility index (Phi) is 5.17. The van der Waals surface area contributed by atoms with Gasteiger partial charge in [0.05, 0.1) is 14.2 Å². The number of hydrogen-bond donors (Lipinski definition) is 1. The SMILES string of the molecule is COC(=O)c1sccc1S(=O)(=O)NCc1cccc(OC)c1. The molecule has 0 unspecified atom stereocenters. The Labute approximate surface area is 132 Å². The Morgan fingerprint density at radius 1 is 1.27 bits per heavy atom. The fourth-order valence-electron chi connectivity index (χ4n) is 1.79. The summed E-state index contributed by atoms with van der Waals surface area (Å²) in [4.78, 5) is 11.6. The van der Waals surface area contributed by atoms with E-state index in [1.54, 1.807) is 24.3 Å². The van der Waals surface area contributed by atoms with Gasteiger partial charge in [-0.1, -0.05) is 12.1 Å². The van der Waals surface area contributed by atoms with Gasteiger partial charge in [0.1, 0.15) is 15.5 Å². The molecule has 1 heterocycles. The van der Waals surface area contributed by atoms with Crippen molar-refractivity contribution in [2.24, 2.45) is 0 Å². The minimum absolute atomic E-state index is 0.0562. The van der Waals surface area contributed by atoms with Gasteiger partial charge in [-0.25, -0.2) is 17.9 Å². The van der Waals surface area contributed by atoms with E-state index in [0.29, 0.717) is 5.75 Å². The van der Waals surface area contributed by atoms with Crippen LogP contribution in [0.15, 0.2) is 40.6 Å². The quantitative estimate of drug-likeness (QED) is 0.813. The van der Waals surface area contributed by atoms with Crippen molar-refractivity contribution in [2.45, 2.75) is 11.4 Å².